The van der Waals surface area contributed by atoms with E-state index in [1.165, 1.54) is 39.9 Å². The molecule has 3 heterocycles. The number of rotatable bonds is 4. The van der Waals surface area contributed by atoms with Crippen molar-refractivity contribution in [2.75, 3.05) is 37.6 Å². The molecule has 0 saturated carbocycles. The summed E-state index contributed by atoms with van der Waals surface area (Å²) < 4.78 is 0. The van der Waals surface area contributed by atoms with Crippen LogP contribution in [0.3, 0.4) is 0 Å². The van der Waals surface area contributed by atoms with Gasteiger partial charge in [0.15, 0.2) is 0 Å². The minimum atomic E-state index is 0.0446. The Morgan fingerprint density at radius 1 is 1.14 bits per heavy atom. The molecule has 0 bridgehead atoms. The van der Waals surface area contributed by atoms with Crippen LogP contribution in [-0.4, -0.2) is 53.6 Å². The van der Waals surface area contributed by atoms with E-state index in [-0.39, 0.29) is 6.03 Å². The van der Waals surface area contributed by atoms with Gasteiger partial charge in [-0.15, -0.1) is 11.3 Å². The van der Waals surface area contributed by atoms with Gasteiger partial charge in [0.05, 0.1) is 5.39 Å². The van der Waals surface area contributed by atoms with Crippen LogP contribution < -0.4 is 10.2 Å². The molecule has 28 heavy (non-hydrogen) atoms. The van der Waals surface area contributed by atoms with Crippen molar-refractivity contribution >= 4 is 33.4 Å². The maximum absolute atomic E-state index is 12.2. The lowest BCUT2D eigenvalue weighted by Crippen LogP contribution is -2.52. The number of thiophene rings is 1. The highest BCUT2D eigenvalue weighted by atomic mass is 32.1. The van der Waals surface area contributed by atoms with E-state index < -0.39 is 0 Å². The first kappa shape index (κ1) is 19.4. The molecule has 6 nitrogen and oxygen atoms in total. The monoisotopic (exact) mass is 401 g/mol. The van der Waals surface area contributed by atoms with Gasteiger partial charge in [-0.3, -0.25) is 0 Å². The maximum Gasteiger partial charge on any atom is 0.317 e. The number of carbonyl (C=O) groups excluding carboxylic acids is 1. The van der Waals surface area contributed by atoms with Crippen molar-refractivity contribution in [2.45, 2.75) is 58.8 Å². The first-order chi connectivity index (χ1) is 13.6. The van der Waals surface area contributed by atoms with Crippen molar-refractivity contribution in [3.8, 4) is 0 Å². The Labute approximate surface area is 171 Å². The number of aryl methyl sites for hydroxylation is 2. The zero-order valence-electron chi connectivity index (χ0n) is 17.3. The highest BCUT2D eigenvalue weighted by molar-refractivity contribution is 7.19. The van der Waals surface area contributed by atoms with Gasteiger partial charge in [-0.1, -0.05) is 13.8 Å². The highest BCUT2D eigenvalue weighted by Crippen LogP contribution is 2.40. The van der Waals surface area contributed by atoms with Crippen LogP contribution in [-0.2, 0) is 12.8 Å². The summed E-state index contributed by atoms with van der Waals surface area (Å²) in [6, 6.07) is 0.0446. The highest BCUT2D eigenvalue weighted by Gasteiger charge is 2.27. The fraction of sp³-hybridized carbons (Fsp3) is 0.667. The third kappa shape index (κ3) is 3.56. The van der Waals surface area contributed by atoms with Crippen molar-refractivity contribution in [2.24, 2.45) is 0 Å². The van der Waals surface area contributed by atoms with Gasteiger partial charge in [-0.25, -0.2) is 14.8 Å². The summed E-state index contributed by atoms with van der Waals surface area (Å²) in [6.45, 7) is 10.2. The standard InChI is InChI=1S/C21H31N5OS/c1-4-14(3)18-23-19(25-10-12-26(13-11-25)21(27)22-5-2)17-15-8-6-7-9-16(15)28-20(17)24-18/h14H,4-13H2,1-3H3,(H,22,27). The van der Waals surface area contributed by atoms with E-state index >= 15 is 0 Å². The molecule has 1 saturated heterocycles. The smallest absolute Gasteiger partial charge is 0.317 e. The van der Waals surface area contributed by atoms with Crippen LogP contribution in [0.4, 0.5) is 10.6 Å². The number of fused-ring (bicyclic) bond motifs is 3. The topological polar surface area (TPSA) is 61.4 Å². The number of hydrogen-bond acceptors (Lipinski definition) is 5. The fourth-order valence-electron chi connectivity index (χ4n) is 4.17. The van der Waals surface area contributed by atoms with Gasteiger partial charge in [-0.05, 0) is 44.6 Å². The predicted molar refractivity (Wildman–Crippen MR) is 116 cm³/mol. The zero-order valence-corrected chi connectivity index (χ0v) is 18.1. The predicted octanol–water partition coefficient (Wildman–Crippen LogP) is 3.94. The number of urea groups is 1. The molecule has 7 heteroatoms. The van der Waals surface area contributed by atoms with Crippen molar-refractivity contribution < 1.29 is 4.79 Å². The minimum absolute atomic E-state index is 0.0446. The molecule has 1 aliphatic carbocycles. The second-order valence-electron chi connectivity index (χ2n) is 7.92. The molecule has 2 amide bonds. The average molecular weight is 402 g/mol. The Bertz CT molecular complexity index is 856. The van der Waals surface area contributed by atoms with Gasteiger partial charge in [0.1, 0.15) is 16.5 Å². The molecule has 1 N–H and O–H groups in total. The van der Waals surface area contributed by atoms with Crippen molar-refractivity contribution in [1.82, 2.24) is 20.2 Å². The average Bonchev–Trinajstić information content (AvgIpc) is 3.11. The summed E-state index contributed by atoms with van der Waals surface area (Å²) in [4.78, 5) is 29.2. The van der Waals surface area contributed by atoms with Gasteiger partial charge in [0, 0.05) is 43.5 Å². The van der Waals surface area contributed by atoms with Gasteiger partial charge in [0.2, 0.25) is 0 Å². The summed E-state index contributed by atoms with van der Waals surface area (Å²) in [5.41, 5.74) is 1.49. The lowest BCUT2D eigenvalue weighted by molar-refractivity contribution is 0.195. The Kier molecular flexibility index (Phi) is 5.71. The van der Waals surface area contributed by atoms with Crippen LogP contribution in [0.25, 0.3) is 10.2 Å². The second-order valence-corrected chi connectivity index (χ2v) is 9.00. The zero-order chi connectivity index (χ0) is 19.7. The van der Waals surface area contributed by atoms with Gasteiger partial charge in [-0.2, -0.15) is 0 Å². The van der Waals surface area contributed by atoms with E-state index in [9.17, 15) is 4.79 Å². The third-order valence-corrected chi connectivity index (χ3v) is 7.25. The minimum Gasteiger partial charge on any atom is -0.352 e. The van der Waals surface area contributed by atoms with E-state index in [0.29, 0.717) is 12.5 Å². The third-order valence-electron chi connectivity index (χ3n) is 6.06. The number of amides is 2. The molecule has 2 aliphatic rings. The molecule has 0 radical (unpaired) electrons. The molecule has 0 aromatic carbocycles. The lowest BCUT2D eigenvalue weighted by atomic mass is 9.96. The molecular weight excluding hydrogens is 370 g/mol. The molecule has 1 aliphatic heterocycles. The molecule has 1 unspecified atom stereocenters. The Morgan fingerprint density at radius 3 is 2.61 bits per heavy atom. The lowest BCUT2D eigenvalue weighted by Gasteiger charge is -2.36. The molecule has 2 aromatic rings. The normalized spacial score (nSPS) is 18.2. The Morgan fingerprint density at radius 2 is 1.89 bits per heavy atom. The van der Waals surface area contributed by atoms with Crippen LogP contribution >= 0.6 is 11.3 Å². The van der Waals surface area contributed by atoms with Gasteiger partial charge >= 0.3 is 6.03 Å². The first-order valence-corrected chi connectivity index (χ1v) is 11.5. The number of nitrogens with zero attached hydrogens (tertiary/aromatic N) is 4. The number of piperazine rings is 1. The molecule has 152 valence electrons. The number of aromatic nitrogens is 2. The Hall–Kier alpha value is -1.89. The van der Waals surface area contributed by atoms with Gasteiger partial charge < -0.3 is 15.1 Å². The van der Waals surface area contributed by atoms with E-state index in [2.05, 4.69) is 24.1 Å². The van der Waals surface area contributed by atoms with E-state index in [0.717, 1.165) is 50.7 Å². The molecule has 0 spiro atoms. The maximum atomic E-state index is 12.2. The van der Waals surface area contributed by atoms with E-state index in [4.69, 9.17) is 9.97 Å². The van der Waals surface area contributed by atoms with Crippen molar-refractivity contribution in [3.05, 3.63) is 16.3 Å². The van der Waals surface area contributed by atoms with Gasteiger partial charge in [0.25, 0.3) is 0 Å². The molecular formula is C21H31N5OS. The number of carbonyl (C=O) groups is 1. The van der Waals surface area contributed by atoms with Crippen LogP contribution in [0.2, 0.25) is 0 Å². The fourth-order valence-corrected chi connectivity index (χ4v) is 5.43. The van der Waals surface area contributed by atoms with Crippen molar-refractivity contribution in [3.63, 3.8) is 0 Å². The summed E-state index contributed by atoms with van der Waals surface area (Å²) in [6.07, 6.45) is 5.91. The first-order valence-electron chi connectivity index (χ1n) is 10.7. The molecule has 2 aromatic heterocycles. The molecule has 1 fully saturated rings. The molecule has 4 rings (SSSR count). The largest absolute Gasteiger partial charge is 0.352 e. The summed E-state index contributed by atoms with van der Waals surface area (Å²) in [5.74, 6) is 2.43. The van der Waals surface area contributed by atoms with E-state index in [1.54, 1.807) is 0 Å². The molecule has 1 atom stereocenters. The summed E-state index contributed by atoms with van der Waals surface area (Å²) in [5, 5.41) is 4.20. The number of nitrogens with one attached hydrogen (secondary N) is 1. The second kappa shape index (κ2) is 8.23. The number of anilines is 1. The quantitative estimate of drug-likeness (QED) is 0.843. The van der Waals surface area contributed by atoms with Crippen LogP contribution in [0.5, 0.6) is 0 Å². The van der Waals surface area contributed by atoms with Crippen LogP contribution in [0.15, 0.2) is 0 Å². The van der Waals surface area contributed by atoms with E-state index in [1.807, 2.05) is 23.2 Å². The van der Waals surface area contributed by atoms with Crippen LogP contribution in [0.1, 0.15) is 62.2 Å². The van der Waals surface area contributed by atoms with Crippen molar-refractivity contribution in [1.29, 1.82) is 0 Å². The summed E-state index contributed by atoms with van der Waals surface area (Å²) >= 11 is 1.88. The number of hydrogen-bond donors (Lipinski definition) is 1. The van der Waals surface area contributed by atoms with Crippen LogP contribution in [0, 0.1) is 0 Å². The SMILES string of the molecule is CCNC(=O)N1CCN(c2nc(C(C)CC)nc3sc4c(c23)CCCC4)CC1. The summed E-state index contributed by atoms with van der Waals surface area (Å²) in [7, 11) is 0. The Balaban J connectivity index is 1.69.